The van der Waals surface area contributed by atoms with Crippen LogP contribution in [0.1, 0.15) is 6.92 Å². The van der Waals surface area contributed by atoms with Crippen LogP contribution in [0.15, 0.2) is 0 Å². The Bertz CT molecular complexity index is 119. The van der Waals surface area contributed by atoms with Crippen LogP contribution in [0, 0.1) is 0 Å². The molecule has 0 fully saturated rings. The number of thiocarbonyl (C=S) groups is 2. The molecule has 0 heterocycles. The predicted octanol–water partition coefficient (Wildman–Crippen LogP) is -0.422. The van der Waals surface area contributed by atoms with Crippen molar-refractivity contribution in [3.05, 3.63) is 0 Å². The van der Waals surface area contributed by atoms with E-state index >= 15 is 0 Å². The van der Waals surface area contributed by atoms with Crippen molar-refractivity contribution in [3.8, 4) is 0 Å². The van der Waals surface area contributed by atoms with Crippen LogP contribution in [0.5, 0.6) is 0 Å². The number of rotatable bonds is 1. The molecule has 0 spiro atoms. The molecule has 0 atom stereocenters. The molecule has 0 rings (SSSR count). The molecule has 0 saturated heterocycles. The first-order valence-electron chi connectivity index (χ1n) is 2.45. The van der Waals surface area contributed by atoms with E-state index in [0.29, 0.717) is 6.54 Å². The van der Waals surface area contributed by atoms with Gasteiger partial charge in [-0.3, -0.25) is 0 Å². The molecule has 5 N–H and O–H groups in total. The quantitative estimate of drug-likeness (QED) is 0.345. The third kappa shape index (κ3) is 63.8. The van der Waals surface area contributed by atoms with Crippen LogP contribution < -0.4 is 11.1 Å². The van der Waals surface area contributed by atoms with E-state index < -0.39 is 5.17 Å². The minimum atomic E-state index is -0.500. The van der Waals surface area contributed by atoms with Crippen molar-refractivity contribution in [1.82, 2.24) is 5.32 Å². The Labute approximate surface area is 98.4 Å². The molecule has 0 aromatic rings. The summed E-state index contributed by atoms with van der Waals surface area (Å²) in [5.41, 5.74) is 4.40. The summed E-state index contributed by atoms with van der Waals surface area (Å²) in [6.07, 6.45) is 0. The molecule has 0 unspecified atom stereocenters. The molecule has 0 amide bonds. The molecular formula is C4H11N2NaO2S2. The summed E-state index contributed by atoms with van der Waals surface area (Å²) < 4.78 is 0. The van der Waals surface area contributed by atoms with Crippen LogP contribution in [-0.2, 0) is 0 Å². The van der Waals surface area contributed by atoms with Crippen molar-refractivity contribution >= 4 is 64.3 Å². The van der Waals surface area contributed by atoms with Gasteiger partial charge in [0, 0.05) is 6.54 Å². The third-order valence-corrected chi connectivity index (χ3v) is 0.472. The molecular weight excluding hydrogens is 195 g/mol. The monoisotopic (exact) mass is 206 g/mol. The van der Waals surface area contributed by atoms with Gasteiger partial charge in [-0.25, -0.2) is 0 Å². The minimum absolute atomic E-state index is 0. The Morgan fingerprint density at radius 2 is 1.73 bits per heavy atom. The van der Waals surface area contributed by atoms with Gasteiger partial charge in [0.1, 0.15) is 0 Å². The molecule has 0 bridgehead atoms. The topological polar surface area (TPSA) is 78.5 Å². The summed E-state index contributed by atoms with van der Waals surface area (Å²) in [6.45, 7) is 2.55. The number of aliphatic hydroxyl groups excluding tert-OH is 2. The summed E-state index contributed by atoms with van der Waals surface area (Å²) in [5, 5.41) is 17.6. The van der Waals surface area contributed by atoms with Crippen molar-refractivity contribution in [2.24, 2.45) is 5.73 Å². The van der Waals surface area contributed by atoms with Crippen molar-refractivity contribution in [2.75, 3.05) is 6.54 Å². The maximum absolute atomic E-state index is 8.17. The van der Waals surface area contributed by atoms with Gasteiger partial charge in [-0.1, -0.05) is 0 Å². The van der Waals surface area contributed by atoms with Gasteiger partial charge in [-0.05, 0) is 31.4 Å². The van der Waals surface area contributed by atoms with E-state index in [-0.39, 0.29) is 34.7 Å². The number of nitrogens with one attached hydrogen (secondary N) is 1. The van der Waals surface area contributed by atoms with Crippen LogP contribution in [-0.4, -0.2) is 56.7 Å². The van der Waals surface area contributed by atoms with E-state index in [2.05, 4.69) is 35.5 Å². The van der Waals surface area contributed by atoms with Gasteiger partial charge in [-0.15, -0.1) is 0 Å². The van der Waals surface area contributed by atoms with Gasteiger partial charge in [0.25, 0.3) is 10.3 Å². The Morgan fingerprint density at radius 3 is 1.73 bits per heavy atom. The third-order valence-electron chi connectivity index (χ3n) is 0.328. The Morgan fingerprint density at radius 1 is 1.45 bits per heavy atom. The molecule has 0 radical (unpaired) electrons. The zero-order valence-electron chi connectivity index (χ0n) is 5.50. The number of nitrogens with two attached hydrogens (primary N) is 1. The second-order valence-electron chi connectivity index (χ2n) is 1.17. The number of aliphatic hydroxyl groups is 2. The summed E-state index contributed by atoms with van der Waals surface area (Å²) in [7, 11) is 0. The molecule has 0 aliphatic rings. The SMILES string of the molecule is CCNC(O)=S.NC(O)=S.[NaH]. The van der Waals surface area contributed by atoms with Gasteiger partial charge >= 0.3 is 29.6 Å². The summed E-state index contributed by atoms with van der Waals surface area (Å²) in [5.74, 6) is 0. The second-order valence-corrected chi connectivity index (χ2v) is 1.98. The van der Waals surface area contributed by atoms with Crippen molar-refractivity contribution in [3.63, 3.8) is 0 Å². The molecule has 62 valence electrons. The molecule has 4 nitrogen and oxygen atoms in total. The molecule has 11 heavy (non-hydrogen) atoms. The Kier molecular flexibility index (Phi) is 20.6. The van der Waals surface area contributed by atoms with Crippen LogP contribution in [0.4, 0.5) is 0 Å². The summed E-state index contributed by atoms with van der Waals surface area (Å²) >= 11 is 8.11. The first-order valence-corrected chi connectivity index (χ1v) is 3.27. The van der Waals surface area contributed by atoms with Crippen molar-refractivity contribution in [2.45, 2.75) is 6.92 Å². The molecule has 0 aromatic carbocycles. The summed E-state index contributed by atoms with van der Waals surface area (Å²) in [4.78, 5) is 0. The maximum atomic E-state index is 8.17. The zero-order valence-corrected chi connectivity index (χ0v) is 7.13. The van der Waals surface area contributed by atoms with Crippen LogP contribution >= 0.6 is 24.4 Å². The number of hydrogen-bond acceptors (Lipinski definition) is 2. The summed E-state index contributed by atoms with van der Waals surface area (Å²) in [6, 6.07) is 0. The molecule has 0 saturated carbocycles. The Hall–Kier alpha value is 0.380. The standard InChI is InChI=1S/C3H7NOS.CH3NOS.Na.H/c1-2-4-3(5)6;2-1(3)4;;/h2H2,1H3,(H2,4,5,6);(H3,2,3,4);;. The van der Waals surface area contributed by atoms with E-state index in [1.165, 1.54) is 0 Å². The fourth-order valence-corrected chi connectivity index (χ4v) is 0.296. The Balaban J connectivity index is -0.000000114. The second kappa shape index (κ2) is 13.0. The first kappa shape index (κ1) is 17.5. The van der Waals surface area contributed by atoms with Crippen LogP contribution in [0.2, 0.25) is 0 Å². The predicted molar refractivity (Wildman–Crippen MR) is 55.5 cm³/mol. The van der Waals surface area contributed by atoms with Gasteiger partial charge in [0.05, 0.1) is 0 Å². The molecule has 0 aliphatic carbocycles. The average Bonchev–Trinajstić information content (AvgIpc) is 1.62. The van der Waals surface area contributed by atoms with E-state index in [1.807, 2.05) is 6.92 Å². The fraction of sp³-hybridized carbons (Fsp3) is 0.500. The molecule has 7 heteroatoms. The van der Waals surface area contributed by atoms with E-state index in [0.717, 1.165) is 0 Å². The first-order chi connectivity index (χ1) is 4.50. The van der Waals surface area contributed by atoms with Crippen molar-refractivity contribution in [1.29, 1.82) is 0 Å². The normalized spacial score (nSPS) is 6.27. The van der Waals surface area contributed by atoms with Crippen LogP contribution in [0.25, 0.3) is 0 Å². The zero-order chi connectivity index (χ0) is 8.57. The van der Waals surface area contributed by atoms with Crippen molar-refractivity contribution < 1.29 is 10.2 Å². The molecule has 0 aromatic heterocycles. The molecule has 0 aliphatic heterocycles. The average molecular weight is 206 g/mol. The van der Waals surface area contributed by atoms with E-state index in [9.17, 15) is 0 Å². The van der Waals surface area contributed by atoms with E-state index in [1.54, 1.807) is 0 Å². The van der Waals surface area contributed by atoms with Gasteiger partial charge in [0.2, 0.25) is 0 Å². The van der Waals surface area contributed by atoms with E-state index in [4.69, 9.17) is 10.2 Å². The number of hydrogen-bond donors (Lipinski definition) is 4. The van der Waals surface area contributed by atoms with Gasteiger partial charge < -0.3 is 21.3 Å². The fourth-order valence-electron chi connectivity index (χ4n) is 0.151. The van der Waals surface area contributed by atoms with Crippen LogP contribution in [0.3, 0.4) is 0 Å². The van der Waals surface area contributed by atoms with Gasteiger partial charge in [-0.2, -0.15) is 0 Å². The van der Waals surface area contributed by atoms with Gasteiger partial charge in [0.15, 0.2) is 0 Å².